The molecule has 0 fully saturated rings. The maximum Gasteiger partial charge on any atom is 0.246 e. The lowest BCUT2D eigenvalue weighted by molar-refractivity contribution is -0.125. The Labute approximate surface area is 91.1 Å². The number of ether oxygens (including phenoxy) is 1. The average Bonchev–Trinajstić information content (AvgIpc) is 2.18. The number of carbonyl (C=O) groups is 1. The first-order valence-electron chi connectivity index (χ1n) is 5.06. The largest absolute Gasteiger partial charge is 0.372 e. The molecule has 0 saturated heterocycles. The Morgan fingerprint density at radius 3 is 2.53 bits per heavy atom. The topological polar surface area (TPSA) is 72.5 Å². The van der Waals surface area contributed by atoms with Gasteiger partial charge in [0.25, 0.3) is 0 Å². The highest BCUT2D eigenvalue weighted by atomic mass is 32.2. The fourth-order valence-electron chi connectivity index (χ4n) is 0.851. The monoisotopic (exact) mass is 237 g/mol. The Kier molecular flexibility index (Phi) is 7.33. The summed E-state index contributed by atoms with van der Waals surface area (Å²) in [5.74, 6) is -0.173. The van der Waals surface area contributed by atoms with Gasteiger partial charge in [0.1, 0.15) is 6.61 Å². The van der Waals surface area contributed by atoms with Crippen LogP contribution < -0.4 is 5.32 Å². The SMILES string of the molecule is CCCOCC(=O)NCCS(=O)(=O)CC. The molecule has 5 nitrogen and oxygen atoms in total. The molecule has 0 spiro atoms. The molecule has 0 bridgehead atoms. The van der Waals surface area contributed by atoms with Crippen LogP contribution in [0.25, 0.3) is 0 Å². The molecule has 0 saturated carbocycles. The van der Waals surface area contributed by atoms with Crippen LogP contribution in [-0.2, 0) is 19.4 Å². The van der Waals surface area contributed by atoms with Crippen LogP contribution in [0, 0.1) is 0 Å². The summed E-state index contributed by atoms with van der Waals surface area (Å²) < 4.78 is 27.1. The molecule has 90 valence electrons. The molecule has 15 heavy (non-hydrogen) atoms. The first-order chi connectivity index (χ1) is 7.02. The first kappa shape index (κ1) is 14.4. The summed E-state index contributed by atoms with van der Waals surface area (Å²) in [6.07, 6.45) is 0.859. The molecule has 0 unspecified atom stereocenters. The second kappa shape index (κ2) is 7.64. The number of hydrogen-bond donors (Lipinski definition) is 1. The lowest BCUT2D eigenvalue weighted by atomic mass is 10.5. The van der Waals surface area contributed by atoms with Gasteiger partial charge in [0, 0.05) is 18.9 Å². The van der Waals surface area contributed by atoms with Crippen LogP contribution in [0.1, 0.15) is 20.3 Å². The summed E-state index contributed by atoms with van der Waals surface area (Å²) in [6.45, 7) is 4.23. The van der Waals surface area contributed by atoms with Gasteiger partial charge in [0.15, 0.2) is 9.84 Å². The highest BCUT2D eigenvalue weighted by Gasteiger charge is 2.07. The second-order valence-electron chi connectivity index (χ2n) is 3.14. The van der Waals surface area contributed by atoms with Crippen molar-refractivity contribution in [1.82, 2.24) is 5.32 Å². The molecule has 1 amide bonds. The van der Waals surface area contributed by atoms with Gasteiger partial charge in [-0.3, -0.25) is 4.79 Å². The van der Waals surface area contributed by atoms with E-state index in [0.29, 0.717) is 6.61 Å². The Morgan fingerprint density at radius 1 is 1.33 bits per heavy atom. The smallest absolute Gasteiger partial charge is 0.246 e. The van der Waals surface area contributed by atoms with Crippen molar-refractivity contribution in [2.75, 3.05) is 31.3 Å². The second-order valence-corrected chi connectivity index (χ2v) is 5.61. The van der Waals surface area contributed by atoms with E-state index in [1.807, 2.05) is 6.92 Å². The molecular formula is C9H19NO4S. The third-order valence-corrected chi connectivity index (χ3v) is 3.46. The number of nitrogens with one attached hydrogen (secondary N) is 1. The molecule has 0 radical (unpaired) electrons. The van der Waals surface area contributed by atoms with Crippen LogP contribution >= 0.6 is 0 Å². The van der Waals surface area contributed by atoms with E-state index in [-0.39, 0.29) is 30.6 Å². The minimum absolute atomic E-state index is 0.0000125. The molecule has 0 rings (SSSR count). The molecule has 0 atom stereocenters. The quantitative estimate of drug-likeness (QED) is 0.601. The van der Waals surface area contributed by atoms with Crippen molar-refractivity contribution in [3.63, 3.8) is 0 Å². The Bertz CT molecular complexity index is 274. The fraction of sp³-hybridized carbons (Fsp3) is 0.889. The standard InChI is InChI=1S/C9H19NO4S/c1-3-6-14-8-9(11)10-5-7-15(12,13)4-2/h3-8H2,1-2H3,(H,10,11). The van der Waals surface area contributed by atoms with E-state index < -0.39 is 9.84 Å². The molecule has 0 aliphatic rings. The van der Waals surface area contributed by atoms with Gasteiger partial charge in [-0.25, -0.2) is 8.42 Å². The van der Waals surface area contributed by atoms with E-state index in [4.69, 9.17) is 4.74 Å². The van der Waals surface area contributed by atoms with Crippen LogP contribution in [0.3, 0.4) is 0 Å². The van der Waals surface area contributed by atoms with Crippen LogP contribution in [0.4, 0.5) is 0 Å². The molecule has 0 aromatic carbocycles. The highest BCUT2D eigenvalue weighted by molar-refractivity contribution is 7.91. The summed E-state index contributed by atoms with van der Waals surface area (Å²) >= 11 is 0. The normalized spacial score (nSPS) is 11.3. The van der Waals surface area contributed by atoms with Crippen molar-refractivity contribution >= 4 is 15.7 Å². The molecule has 0 aromatic heterocycles. The molecule has 0 aliphatic carbocycles. The van der Waals surface area contributed by atoms with Crippen molar-refractivity contribution in [2.24, 2.45) is 0 Å². The summed E-state index contributed by atoms with van der Waals surface area (Å²) in [4.78, 5) is 11.1. The maximum absolute atomic E-state index is 11.1. The van der Waals surface area contributed by atoms with Crippen LogP contribution in [-0.4, -0.2) is 45.6 Å². The number of sulfone groups is 1. The molecule has 1 N–H and O–H groups in total. The number of carbonyl (C=O) groups excluding carboxylic acids is 1. The summed E-state index contributed by atoms with van der Waals surface area (Å²) in [7, 11) is -3.00. The van der Waals surface area contributed by atoms with E-state index in [1.54, 1.807) is 6.92 Å². The molecule has 0 aromatic rings. The van der Waals surface area contributed by atoms with Gasteiger partial charge < -0.3 is 10.1 Å². The molecule has 0 aliphatic heterocycles. The van der Waals surface area contributed by atoms with Crippen LogP contribution in [0.2, 0.25) is 0 Å². The summed E-state index contributed by atoms with van der Waals surface area (Å²) in [6, 6.07) is 0. The van der Waals surface area contributed by atoms with E-state index in [9.17, 15) is 13.2 Å². The number of amides is 1. The minimum atomic E-state index is -3.00. The van der Waals surface area contributed by atoms with Crippen LogP contribution in [0.15, 0.2) is 0 Å². The zero-order chi connectivity index (χ0) is 11.7. The van der Waals surface area contributed by atoms with E-state index >= 15 is 0 Å². The lowest BCUT2D eigenvalue weighted by Crippen LogP contribution is -2.32. The Balaban J connectivity index is 3.55. The Morgan fingerprint density at radius 2 is 2.00 bits per heavy atom. The zero-order valence-corrected chi connectivity index (χ0v) is 10.1. The van der Waals surface area contributed by atoms with Crippen molar-refractivity contribution in [2.45, 2.75) is 20.3 Å². The molecule has 0 heterocycles. The molecular weight excluding hydrogens is 218 g/mol. The van der Waals surface area contributed by atoms with Crippen molar-refractivity contribution in [1.29, 1.82) is 0 Å². The van der Waals surface area contributed by atoms with Gasteiger partial charge in [-0.1, -0.05) is 13.8 Å². The highest BCUT2D eigenvalue weighted by Crippen LogP contribution is 1.87. The van der Waals surface area contributed by atoms with Crippen molar-refractivity contribution < 1.29 is 17.9 Å². The van der Waals surface area contributed by atoms with Crippen molar-refractivity contribution in [3.05, 3.63) is 0 Å². The minimum Gasteiger partial charge on any atom is -0.372 e. The molecule has 6 heteroatoms. The summed E-state index contributed by atoms with van der Waals surface area (Å²) in [5, 5.41) is 2.49. The van der Waals surface area contributed by atoms with E-state index in [2.05, 4.69) is 5.32 Å². The first-order valence-corrected chi connectivity index (χ1v) is 6.88. The number of rotatable bonds is 8. The van der Waals surface area contributed by atoms with Gasteiger partial charge >= 0.3 is 0 Å². The predicted octanol–water partition coefficient (Wildman–Crippen LogP) is -0.0361. The van der Waals surface area contributed by atoms with Crippen molar-refractivity contribution in [3.8, 4) is 0 Å². The van der Waals surface area contributed by atoms with Gasteiger partial charge in [-0.15, -0.1) is 0 Å². The Hall–Kier alpha value is -0.620. The van der Waals surface area contributed by atoms with E-state index in [1.165, 1.54) is 0 Å². The van der Waals surface area contributed by atoms with Crippen LogP contribution in [0.5, 0.6) is 0 Å². The lowest BCUT2D eigenvalue weighted by Gasteiger charge is -2.05. The zero-order valence-electron chi connectivity index (χ0n) is 9.28. The average molecular weight is 237 g/mol. The predicted molar refractivity (Wildman–Crippen MR) is 58.4 cm³/mol. The van der Waals surface area contributed by atoms with E-state index in [0.717, 1.165) is 6.42 Å². The van der Waals surface area contributed by atoms with Gasteiger partial charge in [0.2, 0.25) is 5.91 Å². The van der Waals surface area contributed by atoms with Gasteiger partial charge in [-0.2, -0.15) is 0 Å². The van der Waals surface area contributed by atoms with Gasteiger partial charge in [-0.05, 0) is 6.42 Å². The maximum atomic E-state index is 11.1. The third kappa shape index (κ3) is 8.38. The summed E-state index contributed by atoms with van der Waals surface area (Å²) in [5.41, 5.74) is 0. The third-order valence-electron chi connectivity index (χ3n) is 1.76. The number of hydrogen-bond acceptors (Lipinski definition) is 4. The fourth-order valence-corrected chi connectivity index (χ4v) is 1.55. The van der Waals surface area contributed by atoms with Gasteiger partial charge in [0.05, 0.1) is 5.75 Å².